The number of amides is 1. The number of ether oxygens (including phenoxy) is 2. The second kappa shape index (κ2) is 10.5. The zero-order valence-electron chi connectivity index (χ0n) is 18.3. The molecule has 9 nitrogen and oxygen atoms in total. The summed E-state index contributed by atoms with van der Waals surface area (Å²) in [6.07, 6.45) is 0.581. The predicted octanol–water partition coefficient (Wildman–Crippen LogP) is 1.53. The Labute approximate surface area is 185 Å². The molecule has 0 unspecified atom stereocenters. The van der Waals surface area contributed by atoms with E-state index in [-0.39, 0.29) is 12.2 Å². The third-order valence-electron chi connectivity index (χ3n) is 4.83. The summed E-state index contributed by atoms with van der Waals surface area (Å²) >= 11 is 0. The first-order valence-corrected chi connectivity index (χ1v) is 10.2. The molecule has 1 N–H and O–H groups in total. The van der Waals surface area contributed by atoms with Crippen LogP contribution < -0.4 is 21.3 Å². The van der Waals surface area contributed by atoms with Crippen LogP contribution in [0.4, 0.5) is 0 Å². The van der Waals surface area contributed by atoms with Crippen molar-refractivity contribution in [3.05, 3.63) is 86.2 Å². The van der Waals surface area contributed by atoms with Gasteiger partial charge in [-0.25, -0.2) is 4.79 Å². The molecule has 1 amide bonds. The van der Waals surface area contributed by atoms with Crippen LogP contribution in [0.5, 0.6) is 5.75 Å². The van der Waals surface area contributed by atoms with E-state index in [0.717, 1.165) is 20.4 Å². The van der Waals surface area contributed by atoms with Gasteiger partial charge in [0.05, 0.1) is 19.3 Å². The highest BCUT2D eigenvalue weighted by Crippen LogP contribution is 2.13. The summed E-state index contributed by atoms with van der Waals surface area (Å²) < 4.78 is 12.2. The lowest BCUT2D eigenvalue weighted by Crippen LogP contribution is -2.46. The minimum absolute atomic E-state index is 0.0158. The van der Waals surface area contributed by atoms with Crippen LogP contribution in [0.25, 0.3) is 5.69 Å². The normalized spacial score (nSPS) is 10.7. The molecule has 0 atom stereocenters. The molecule has 0 bridgehead atoms. The lowest BCUT2D eigenvalue weighted by atomic mass is 10.1. The second-order valence-corrected chi connectivity index (χ2v) is 7.22. The van der Waals surface area contributed by atoms with Gasteiger partial charge in [0, 0.05) is 20.3 Å². The number of aromatic nitrogens is 3. The van der Waals surface area contributed by atoms with E-state index in [1.165, 1.54) is 7.11 Å². The average molecular weight is 438 g/mol. The van der Waals surface area contributed by atoms with Gasteiger partial charge in [-0.05, 0) is 43.2 Å². The molecule has 32 heavy (non-hydrogen) atoms. The highest BCUT2D eigenvalue weighted by Gasteiger charge is 2.20. The molecule has 2 aromatic carbocycles. The van der Waals surface area contributed by atoms with Crippen LogP contribution in [0.3, 0.4) is 0 Å². The Balaban J connectivity index is 2.08. The molecule has 3 aromatic rings. The van der Waals surface area contributed by atoms with Gasteiger partial charge in [-0.3, -0.25) is 14.2 Å². The third kappa shape index (κ3) is 5.30. The quantitative estimate of drug-likeness (QED) is 0.508. The lowest BCUT2D eigenvalue weighted by molar-refractivity contribution is 0.0938. The van der Waals surface area contributed by atoms with Crippen molar-refractivity contribution in [2.24, 2.45) is 0 Å². The van der Waals surface area contributed by atoms with Crippen molar-refractivity contribution in [3.8, 4) is 11.4 Å². The number of carbonyl (C=O) groups is 1. The van der Waals surface area contributed by atoms with E-state index < -0.39 is 17.2 Å². The topological polar surface area (TPSA) is 104 Å². The Morgan fingerprint density at radius 3 is 2.50 bits per heavy atom. The van der Waals surface area contributed by atoms with Gasteiger partial charge in [0.1, 0.15) is 5.75 Å². The largest absolute Gasteiger partial charge is 0.497 e. The van der Waals surface area contributed by atoms with Gasteiger partial charge >= 0.3 is 5.69 Å². The number of nitrogens with one attached hydrogen (secondary N) is 1. The maximum absolute atomic E-state index is 13.2. The Bertz CT molecular complexity index is 1200. The first kappa shape index (κ1) is 23.0. The van der Waals surface area contributed by atoms with Crippen LogP contribution in [-0.2, 0) is 11.3 Å². The van der Waals surface area contributed by atoms with Crippen molar-refractivity contribution < 1.29 is 14.3 Å². The van der Waals surface area contributed by atoms with Gasteiger partial charge in [0.15, 0.2) is 0 Å². The standard InChI is InChI=1S/C23H26N4O5/c1-16-6-4-7-17(14-16)15-26-22(29)20(21(28)24-12-5-13-31-2)25-27(23(26)30)18-8-10-19(32-3)11-9-18/h4,6-11,14H,5,12-13,15H2,1-3H3,(H,24,28). The van der Waals surface area contributed by atoms with Gasteiger partial charge in [-0.1, -0.05) is 29.8 Å². The number of aryl methyl sites for hydroxylation is 1. The van der Waals surface area contributed by atoms with E-state index in [1.807, 2.05) is 31.2 Å². The monoisotopic (exact) mass is 438 g/mol. The van der Waals surface area contributed by atoms with Crippen molar-refractivity contribution in [1.82, 2.24) is 19.7 Å². The van der Waals surface area contributed by atoms with E-state index in [2.05, 4.69) is 10.4 Å². The molecular formula is C23H26N4O5. The van der Waals surface area contributed by atoms with Gasteiger partial charge in [0.2, 0.25) is 5.69 Å². The van der Waals surface area contributed by atoms with Crippen LogP contribution in [-0.4, -0.2) is 47.6 Å². The summed E-state index contributed by atoms with van der Waals surface area (Å²) in [5, 5.41) is 6.76. The summed E-state index contributed by atoms with van der Waals surface area (Å²) in [7, 11) is 3.10. The summed E-state index contributed by atoms with van der Waals surface area (Å²) in [6.45, 7) is 2.72. The number of carbonyl (C=O) groups excluding carboxylic acids is 1. The summed E-state index contributed by atoms with van der Waals surface area (Å²) in [5.74, 6) is -0.0441. The van der Waals surface area contributed by atoms with E-state index >= 15 is 0 Å². The van der Waals surface area contributed by atoms with Gasteiger partial charge in [-0.15, -0.1) is 0 Å². The molecule has 3 rings (SSSR count). The summed E-state index contributed by atoms with van der Waals surface area (Å²) in [6, 6.07) is 14.1. The number of benzene rings is 2. The molecule has 0 aliphatic rings. The number of hydrogen-bond acceptors (Lipinski definition) is 6. The second-order valence-electron chi connectivity index (χ2n) is 7.22. The minimum Gasteiger partial charge on any atom is -0.497 e. The van der Waals surface area contributed by atoms with Gasteiger partial charge in [0.25, 0.3) is 11.5 Å². The molecule has 0 saturated heterocycles. The Morgan fingerprint density at radius 1 is 1.09 bits per heavy atom. The van der Waals surface area contributed by atoms with Crippen LogP contribution in [0, 0.1) is 6.92 Å². The SMILES string of the molecule is COCCCNC(=O)c1nn(-c2ccc(OC)cc2)c(=O)n(Cc2cccc(C)c2)c1=O. The van der Waals surface area contributed by atoms with Crippen molar-refractivity contribution in [2.75, 3.05) is 27.4 Å². The highest BCUT2D eigenvalue weighted by atomic mass is 16.5. The molecule has 0 aliphatic carbocycles. The Hall–Kier alpha value is -3.72. The fourth-order valence-electron chi connectivity index (χ4n) is 3.18. The molecule has 1 heterocycles. The fourth-order valence-corrected chi connectivity index (χ4v) is 3.18. The zero-order valence-corrected chi connectivity index (χ0v) is 18.3. The average Bonchev–Trinajstić information content (AvgIpc) is 2.80. The van der Waals surface area contributed by atoms with E-state index in [4.69, 9.17) is 9.47 Å². The molecule has 0 aliphatic heterocycles. The maximum Gasteiger partial charge on any atom is 0.352 e. The van der Waals surface area contributed by atoms with E-state index in [0.29, 0.717) is 31.0 Å². The number of methoxy groups -OCH3 is 2. The predicted molar refractivity (Wildman–Crippen MR) is 120 cm³/mol. The summed E-state index contributed by atoms with van der Waals surface area (Å²) in [4.78, 5) is 39.0. The number of rotatable bonds is 9. The highest BCUT2D eigenvalue weighted by molar-refractivity contribution is 5.91. The number of hydrogen-bond donors (Lipinski definition) is 1. The molecule has 168 valence electrons. The van der Waals surface area contributed by atoms with Crippen LogP contribution in [0.1, 0.15) is 28.0 Å². The summed E-state index contributed by atoms with van der Waals surface area (Å²) in [5.41, 5.74) is 0.426. The van der Waals surface area contributed by atoms with Crippen molar-refractivity contribution in [2.45, 2.75) is 19.9 Å². The Kier molecular flexibility index (Phi) is 7.56. The van der Waals surface area contributed by atoms with Crippen molar-refractivity contribution in [1.29, 1.82) is 0 Å². The smallest absolute Gasteiger partial charge is 0.352 e. The molecule has 0 radical (unpaired) electrons. The molecule has 0 fully saturated rings. The first-order valence-electron chi connectivity index (χ1n) is 10.2. The Morgan fingerprint density at radius 2 is 1.84 bits per heavy atom. The first-order chi connectivity index (χ1) is 15.4. The van der Waals surface area contributed by atoms with E-state index in [1.54, 1.807) is 31.4 Å². The molecular weight excluding hydrogens is 412 g/mol. The molecule has 0 spiro atoms. The van der Waals surface area contributed by atoms with Crippen LogP contribution >= 0.6 is 0 Å². The molecule has 1 aromatic heterocycles. The number of nitrogens with zero attached hydrogens (tertiary/aromatic N) is 3. The van der Waals surface area contributed by atoms with E-state index in [9.17, 15) is 14.4 Å². The van der Waals surface area contributed by atoms with Crippen LogP contribution in [0.15, 0.2) is 58.1 Å². The lowest BCUT2D eigenvalue weighted by Gasteiger charge is -2.13. The minimum atomic E-state index is -0.745. The van der Waals surface area contributed by atoms with Crippen molar-refractivity contribution in [3.63, 3.8) is 0 Å². The molecule has 0 saturated carbocycles. The van der Waals surface area contributed by atoms with Gasteiger partial charge in [-0.2, -0.15) is 9.78 Å². The van der Waals surface area contributed by atoms with Crippen LogP contribution in [0.2, 0.25) is 0 Å². The fraction of sp³-hybridized carbons (Fsp3) is 0.304. The molecule has 9 heteroatoms. The maximum atomic E-state index is 13.2. The zero-order chi connectivity index (χ0) is 23.1. The third-order valence-corrected chi connectivity index (χ3v) is 4.83. The van der Waals surface area contributed by atoms with Gasteiger partial charge < -0.3 is 14.8 Å². The van der Waals surface area contributed by atoms with Crippen molar-refractivity contribution >= 4 is 5.91 Å².